The molecule has 0 aromatic rings. The van der Waals surface area contributed by atoms with Gasteiger partial charge in [-0.2, -0.15) is 0 Å². The van der Waals surface area contributed by atoms with Crippen LogP contribution in [0.2, 0.25) is 0 Å². The van der Waals surface area contributed by atoms with Crippen molar-refractivity contribution in [1.29, 1.82) is 0 Å². The number of fused-ring (bicyclic) bond motifs is 3. The van der Waals surface area contributed by atoms with Gasteiger partial charge in [0.1, 0.15) is 11.6 Å². The highest BCUT2D eigenvalue weighted by molar-refractivity contribution is 5.85. The molecule has 0 aromatic heterocycles. The van der Waals surface area contributed by atoms with Crippen LogP contribution in [0, 0.1) is 23.2 Å². The van der Waals surface area contributed by atoms with Gasteiger partial charge in [-0.1, -0.05) is 6.92 Å². The second kappa shape index (κ2) is 3.93. The first-order valence-corrected chi connectivity index (χ1v) is 7.18. The van der Waals surface area contributed by atoms with Gasteiger partial charge in [-0.05, 0) is 49.9 Å². The van der Waals surface area contributed by atoms with Crippen LogP contribution in [0.25, 0.3) is 0 Å². The van der Waals surface area contributed by atoms with Crippen molar-refractivity contribution in [2.75, 3.05) is 0 Å². The molecule has 0 unspecified atom stereocenters. The quantitative estimate of drug-likeness (QED) is 0.645. The van der Waals surface area contributed by atoms with Crippen LogP contribution in [0.15, 0.2) is 0 Å². The smallest absolute Gasteiger partial charge is 0.136 e. The summed E-state index contributed by atoms with van der Waals surface area (Å²) in [7, 11) is 0. The first-order valence-electron chi connectivity index (χ1n) is 7.18. The van der Waals surface area contributed by atoms with Crippen LogP contribution in [0.1, 0.15) is 58.3 Å². The van der Waals surface area contributed by atoms with Gasteiger partial charge in [0.2, 0.25) is 0 Å². The summed E-state index contributed by atoms with van der Waals surface area (Å²) in [5.74, 6) is 2.03. The number of ketones is 2. The van der Waals surface area contributed by atoms with E-state index in [2.05, 4.69) is 6.92 Å². The Balaban J connectivity index is 1.93. The summed E-state index contributed by atoms with van der Waals surface area (Å²) in [6, 6.07) is 0. The lowest BCUT2D eigenvalue weighted by Gasteiger charge is -2.54. The van der Waals surface area contributed by atoms with Crippen molar-refractivity contribution in [2.45, 2.75) is 58.3 Å². The number of Topliss-reactive ketones (excluding diaryl/α,β-unsaturated/α-hetero) is 2. The van der Waals surface area contributed by atoms with E-state index >= 15 is 0 Å². The van der Waals surface area contributed by atoms with Crippen molar-refractivity contribution in [3.8, 4) is 0 Å². The maximum absolute atomic E-state index is 12.1. The van der Waals surface area contributed by atoms with Gasteiger partial charge in [0.25, 0.3) is 0 Å². The van der Waals surface area contributed by atoms with Crippen LogP contribution < -0.4 is 0 Å². The van der Waals surface area contributed by atoms with Crippen LogP contribution in [0.5, 0.6) is 0 Å². The molecule has 3 aliphatic rings. The molecule has 0 heterocycles. The summed E-state index contributed by atoms with van der Waals surface area (Å²) in [5, 5.41) is 0. The monoisotopic (exact) mass is 234 g/mol. The van der Waals surface area contributed by atoms with E-state index in [1.54, 1.807) is 0 Å². The zero-order chi connectivity index (χ0) is 12.0. The number of carbonyl (C=O) groups is 2. The second-order valence-corrected chi connectivity index (χ2v) is 6.53. The van der Waals surface area contributed by atoms with E-state index in [9.17, 15) is 9.59 Å². The fraction of sp³-hybridized carbons (Fsp3) is 0.867. The summed E-state index contributed by atoms with van der Waals surface area (Å²) >= 11 is 0. The number of hydrogen-bond donors (Lipinski definition) is 0. The third kappa shape index (κ3) is 1.60. The average molecular weight is 234 g/mol. The van der Waals surface area contributed by atoms with Crippen LogP contribution >= 0.6 is 0 Å². The van der Waals surface area contributed by atoms with Gasteiger partial charge in [0.15, 0.2) is 0 Å². The van der Waals surface area contributed by atoms with Crippen LogP contribution in [0.4, 0.5) is 0 Å². The lowest BCUT2D eigenvalue weighted by atomic mass is 9.49. The lowest BCUT2D eigenvalue weighted by Crippen LogP contribution is -2.51. The summed E-state index contributed by atoms with van der Waals surface area (Å²) < 4.78 is 0. The molecule has 2 heteroatoms. The van der Waals surface area contributed by atoms with Crippen molar-refractivity contribution in [2.24, 2.45) is 23.2 Å². The van der Waals surface area contributed by atoms with Crippen molar-refractivity contribution in [1.82, 2.24) is 0 Å². The van der Waals surface area contributed by atoms with E-state index < -0.39 is 0 Å². The predicted octanol–water partition coefficient (Wildman–Crippen LogP) is 3.14. The number of hydrogen-bond acceptors (Lipinski definition) is 2. The highest BCUT2D eigenvalue weighted by Crippen LogP contribution is 2.57. The van der Waals surface area contributed by atoms with E-state index in [4.69, 9.17) is 0 Å². The molecule has 2 nitrogen and oxygen atoms in total. The summed E-state index contributed by atoms with van der Waals surface area (Å²) in [5.41, 5.74) is 0.147. The average Bonchev–Trinajstić information content (AvgIpc) is 2.30. The Labute approximate surface area is 103 Å². The minimum absolute atomic E-state index is 0.147. The van der Waals surface area contributed by atoms with Gasteiger partial charge in [-0.3, -0.25) is 9.59 Å². The molecule has 0 bridgehead atoms. The topological polar surface area (TPSA) is 34.1 Å². The third-order valence-corrected chi connectivity index (χ3v) is 5.77. The minimum atomic E-state index is 0.147. The molecule has 3 aliphatic carbocycles. The van der Waals surface area contributed by atoms with Gasteiger partial charge >= 0.3 is 0 Å². The summed E-state index contributed by atoms with van der Waals surface area (Å²) in [6.07, 6.45) is 7.97. The molecule has 0 amide bonds. The molecular formula is C15H22O2. The van der Waals surface area contributed by atoms with E-state index in [1.807, 2.05) is 0 Å². The van der Waals surface area contributed by atoms with E-state index in [1.165, 1.54) is 6.42 Å². The van der Waals surface area contributed by atoms with E-state index in [0.717, 1.165) is 44.9 Å². The van der Waals surface area contributed by atoms with Gasteiger partial charge in [0, 0.05) is 24.7 Å². The molecule has 0 saturated heterocycles. The first-order chi connectivity index (χ1) is 8.13. The Morgan fingerprint density at radius 1 is 1.00 bits per heavy atom. The molecule has 3 saturated carbocycles. The molecule has 0 N–H and O–H groups in total. The maximum Gasteiger partial charge on any atom is 0.136 e. The molecule has 0 aromatic carbocycles. The Bertz CT molecular complexity index is 360. The summed E-state index contributed by atoms with van der Waals surface area (Å²) in [4.78, 5) is 24.1. The van der Waals surface area contributed by atoms with E-state index in [-0.39, 0.29) is 17.3 Å². The Morgan fingerprint density at radius 3 is 2.59 bits per heavy atom. The SMILES string of the molecule is C[C@]12CCCC(=O)[C@@H]1CC[C@H]1C(=O)CCC[C@@H]12. The Hall–Kier alpha value is -0.660. The maximum atomic E-state index is 12.1. The standard InChI is InChI=1S/C15H22O2/c1-15-9-3-6-14(17)12(15)8-7-10-11(15)4-2-5-13(10)16/h10-12H,2-9H2,1H3/t10-,11+,12+,15-/m1/s1. The molecule has 4 atom stereocenters. The zero-order valence-electron chi connectivity index (χ0n) is 10.7. The van der Waals surface area contributed by atoms with E-state index in [0.29, 0.717) is 17.5 Å². The lowest BCUT2D eigenvalue weighted by molar-refractivity contribution is -0.148. The Morgan fingerprint density at radius 2 is 1.76 bits per heavy atom. The van der Waals surface area contributed by atoms with Crippen LogP contribution in [-0.2, 0) is 9.59 Å². The highest BCUT2D eigenvalue weighted by Gasteiger charge is 2.53. The van der Waals surface area contributed by atoms with Crippen molar-refractivity contribution < 1.29 is 9.59 Å². The molecule has 0 radical (unpaired) electrons. The predicted molar refractivity (Wildman–Crippen MR) is 65.5 cm³/mol. The van der Waals surface area contributed by atoms with Gasteiger partial charge in [-0.25, -0.2) is 0 Å². The summed E-state index contributed by atoms with van der Waals surface area (Å²) in [6.45, 7) is 2.30. The first kappa shape index (κ1) is 11.4. The largest absolute Gasteiger partial charge is 0.299 e. The Kier molecular flexibility index (Phi) is 2.64. The fourth-order valence-corrected chi connectivity index (χ4v) is 4.90. The second-order valence-electron chi connectivity index (χ2n) is 6.53. The van der Waals surface area contributed by atoms with Crippen molar-refractivity contribution in [3.05, 3.63) is 0 Å². The van der Waals surface area contributed by atoms with Crippen molar-refractivity contribution >= 4 is 11.6 Å². The number of carbonyl (C=O) groups excluding carboxylic acids is 2. The number of rotatable bonds is 0. The molecule has 3 rings (SSSR count). The molecule has 0 spiro atoms. The molecule has 0 aliphatic heterocycles. The zero-order valence-corrected chi connectivity index (χ0v) is 10.7. The minimum Gasteiger partial charge on any atom is -0.299 e. The van der Waals surface area contributed by atoms with Gasteiger partial charge < -0.3 is 0 Å². The highest BCUT2D eigenvalue weighted by atomic mass is 16.1. The third-order valence-electron chi connectivity index (χ3n) is 5.77. The van der Waals surface area contributed by atoms with Crippen LogP contribution in [0.3, 0.4) is 0 Å². The molecule has 17 heavy (non-hydrogen) atoms. The van der Waals surface area contributed by atoms with Crippen molar-refractivity contribution in [3.63, 3.8) is 0 Å². The van der Waals surface area contributed by atoms with Crippen LogP contribution in [-0.4, -0.2) is 11.6 Å². The van der Waals surface area contributed by atoms with Gasteiger partial charge in [0.05, 0.1) is 0 Å². The molecule has 94 valence electrons. The molecule has 3 fully saturated rings. The van der Waals surface area contributed by atoms with Gasteiger partial charge in [-0.15, -0.1) is 0 Å². The normalized spacial score (nSPS) is 46.3. The fourth-order valence-electron chi connectivity index (χ4n) is 4.90. The molecular weight excluding hydrogens is 212 g/mol.